The fourth-order valence-electron chi connectivity index (χ4n) is 2.17. The number of hydrogen-bond acceptors (Lipinski definition) is 4. The molecule has 2 aromatic rings. The molecule has 134 valence electrons. The van der Waals surface area contributed by atoms with E-state index >= 15 is 0 Å². The summed E-state index contributed by atoms with van der Waals surface area (Å²) in [6, 6.07) is 7.51. The molecule has 5 nitrogen and oxygen atoms in total. The Morgan fingerprint density at radius 1 is 1.12 bits per heavy atom. The Bertz CT molecular complexity index is 898. The molecule has 0 aromatic heterocycles. The minimum absolute atomic E-state index is 0.0195. The highest BCUT2D eigenvalue weighted by atomic mass is 32.2. The van der Waals surface area contributed by atoms with Gasteiger partial charge in [0.15, 0.2) is 21.4 Å². The van der Waals surface area contributed by atoms with E-state index in [1.54, 1.807) is 6.07 Å². The molecule has 0 heterocycles. The first-order valence-corrected chi connectivity index (χ1v) is 9.21. The third-order valence-electron chi connectivity index (χ3n) is 3.50. The number of carbonyl (C=O) groups excluding carboxylic acids is 1. The number of aryl methyl sites for hydroxylation is 1. The zero-order chi connectivity index (χ0) is 18.6. The first-order chi connectivity index (χ1) is 11.7. The number of ether oxygens (including phenoxy) is 1. The standard InChI is InChI=1S/C17H17F2NO4S/c1-24-16-7-3-11(9-14(16)19)4-8-17(21)20-15-10-12(25(2,22)23)5-6-13(15)18/h3,5-7,9-10H,4,8H2,1-2H3,(H,20,21). The number of anilines is 1. The molecular formula is C17H17F2NO4S. The zero-order valence-electron chi connectivity index (χ0n) is 13.7. The number of rotatable bonds is 6. The Hall–Kier alpha value is -2.48. The molecule has 0 spiro atoms. The van der Waals surface area contributed by atoms with Gasteiger partial charge in [0, 0.05) is 12.7 Å². The molecule has 0 atom stereocenters. The minimum atomic E-state index is -3.52. The summed E-state index contributed by atoms with van der Waals surface area (Å²) in [4.78, 5) is 11.9. The molecule has 2 rings (SSSR count). The largest absolute Gasteiger partial charge is 0.494 e. The molecule has 0 fully saturated rings. The highest BCUT2D eigenvalue weighted by Gasteiger charge is 2.13. The molecule has 2 aromatic carbocycles. The number of hydrogen-bond donors (Lipinski definition) is 1. The van der Waals surface area contributed by atoms with Crippen LogP contribution in [0.5, 0.6) is 5.75 Å². The van der Waals surface area contributed by atoms with Crippen molar-refractivity contribution in [3.05, 3.63) is 53.6 Å². The summed E-state index contributed by atoms with van der Waals surface area (Å²) < 4.78 is 55.1. The fraction of sp³-hybridized carbons (Fsp3) is 0.235. The fourth-order valence-corrected chi connectivity index (χ4v) is 2.81. The predicted molar refractivity (Wildman–Crippen MR) is 89.4 cm³/mol. The quantitative estimate of drug-likeness (QED) is 0.795. The first-order valence-electron chi connectivity index (χ1n) is 7.32. The van der Waals surface area contributed by atoms with Crippen LogP contribution in [0.4, 0.5) is 14.5 Å². The molecule has 0 unspecified atom stereocenters. The Balaban J connectivity index is 2.04. The van der Waals surface area contributed by atoms with Gasteiger partial charge in [-0.2, -0.15) is 0 Å². The number of benzene rings is 2. The van der Waals surface area contributed by atoms with Gasteiger partial charge in [-0.25, -0.2) is 17.2 Å². The number of amides is 1. The van der Waals surface area contributed by atoms with Gasteiger partial charge in [-0.3, -0.25) is 4.79 Å². The molecule has 1 N–H and O–H groups in total. The van der Waals surface area contributed by atoms with Crippen molar-refractivity contribution in [3.63, 3.8) is 0 Å². The summed E-state index contributed by atoms with van der Waals surface area (Å²) in [6.45, 7) is 0. The smallest absolute Gasteiger partial charge is 0.224 e. The van der Waals surface area contributed by atoms with E-state index in [0.717, 1.165) is 24.5 Å². The van der Waals surface area contributed by atoms with Crippen LogP contribution in [0.2, 0.25) is 0 Å². The Morgan fingerprint density at radius 2 is 1.84 bits per heavy atom. The van der Waals surface area contributed by atoms with Crippen molar-refractivity contribution in [2.45, 2.75) is 17.7 Å². The van der Waals surface area contributed by atoms with E-state index < -0.39 is 27.4 Å². The third-order valence-corrected chi connectivity index (χ3v) is 4.61. The Morgan fingerprint density at radius 3 is 2.44 bits per heavy atom. The van der Waals surface area contributed by atoms with Gasteiger partial charge >= 0.3 is 0 Å². The molecule has 1 amide bonds. The van der Waals surface area contributed by atoms with Crippen LogP contribution in [0.25, 0.3) is 0 Å². The van der Waals surface area contributed by atoms with E-state index in [2.05, 4.69) is 5.32 Å². The molecule has 25 heavy (non-hydrogen) atoms. The molecule has 0 aliphatic heterocycles. The zero-order valence-corrected chi connectivity index (χ0v) is 14.5. The molecule has 0 bridgehead atoms. The van der Waals surface area contributed by atoms with Gasteiger partial charge < -0.3 is 10.1 Å². The molecular weight excluding hydrogens is 352 g/mol. The second-order valence-electron chi connectivity index (χ2n) is 5.43. The summed E-state index contributed by atoms with van der Waals surface area (Å²) >= 11 is 0. The van der Waals surface area contributed by atoms with E-state index in [1.807, 2.05) is 0 Å². The number of sulfone groups is 1. The molecule has 0 radical (unpaired) electrons. The lowest BCUT2D eigenvalue weighted by Gasteiger charge is -2.09. The second-order valence-corrected chi connectivity index (χ2v) is 7.45. The number of methoxy groups -OCH3 is 1. The van der Waals surface area contributed by atoms with Crippen molar-refractivity contribution in [2.24, 2.45) is 0 Å². The van der Waals surface area contributed by atoms with Gasteiger partial charge in [-0.05, 0) is 42.3 Å². The highest BCUT2D eigenvalue weighted by molar-refractivity contribution is 7.90. The van der Waals surface area contributed by atoms with Gasteiger partial charge in [-0.15, -0.1) is 0 Å². The van der Waals surface area contributed by atoms with E-state index in [0.29, 0.717) is 5.56 Å². The summed E-state index contributed by atoms with van der Waals surface area (Å²) in [6.07, 6.45) is 1.21. The maximum atomic E-state index is 13.7. The molecule has 0 saturated heterocycles. The first kappa shape index (κ1) is 18.9. The summed E-state index contributed by atoms with van der Waals surface area (Å²) in [5.74, 6) is -1.68. The van der Waals surface area contributed by atoms with Gasteiger partial charge in [-0.1, -0.05) is 6.07 Å². The number of carbonyl (C=O) groups is 1. The summed E-state index contributed by atoms with van der Waals surface area (Å²) in [5.41, 5.74) is 0.368. The van der Waals surface area contributed by atoms with Crippen LogP contribution in [-0.4, -0.2) is 27.7 Å². The van der Waals surface area contributed by atoms with Gasteiger partial charge in [0.2, 0.25) is 5.91 Å². The number of nitrogens with one attached hydrogen (secondary N) is 1. The Kier molecular flexibility index (Phi) is 5.73. The van der Waals surface area contributed by atoms with Gasteiger partial charge in [0.25, 0.3) is 0 Å². The van der Waals surface area contributed by atoms with E-state index in [4.69, 9.17) is 4.74 Å². The molecule has 0 saturated carbocycles. The lowest BCUT2D eigenvalue weighted by atomic mass is 10.1. The van der Waals surface area contributed by atoms with Crippen molar-refractivity contribution < 1.29 is 26.7 Å². The average molecular weight is 369 g/mol. The van der Waals surface area contributed by atoms with Crippen LogP contribution in [0.15, 0.2) is 41.3 Å². The lowest BCUT2D eigenvalue weighted by molar-refractivity contribution is -0.116. The molecule has 0 aliphatic carbocycles. The maximum Gasteiger partial charge on any atom is 0.224 e. The third kappa shape index (κ3) is 4.99. The highest BCUT2D eigenvalue weighted by Crippen LogP contribution is 2.21. The normalized spacial score (nSPS) is 11.2. The monoisotopic (exact) mass is 369 g/mol. The van der Waals surface area contributed by atoms with Gasteiger partial charge in [0.1, 0.15) is 5.82 Å². The van der Waals surface area contributed by atoms with E-state index in [9.17, 15) is 22.0 Å². The van der Waals surface area contributed by atoms with Crippen molar-refractivity contribution in [3.8, 4) is 5.75 Å². The Labute approximate surface area is 144 Å². The van der Waals surface area contributed by atoms with Crippen LogP contribution in [0, 0.1) is 11.6 Å². The summed E-state index contributed by atoms with van der Waals surface area (Å²) in [5, 5.41) is 2.33. The second kappa shape index (κ2) is 7.60. The SMILES string of the molecule is COc1ccc(CCC(=O)Nc2cc(S(C)(=O)=O)ccc2F)cc1F. The van der Waals surface area contributed by atoms with Crippen LogP contribution in [0.1, 0.15) is 12.0 Å². The van der Waals surface area contributed by atoms with Crippen LogP contribution >= 0.6 is 0 Å². The van der Waals surface area contributed by atoms with Crippen molar-refractivity contribution >= 4 is 21.4 Å². The van der Waals surface area contributed by atoms with E-state index in [1.165, 1.54) is 19.2 Å². The van der Waals surface area contributed by atoms with Crippen LogP contribution in [0.3, 0.4) is 0 Å². The number of halogens is 2. The van der Waals surface area contributed by atoms with Crippen LogP contribution < -0.4 is 10.1 Å². The predicted octanol–water partition coefficient (Wildman–Crippen LogP) is 2.95. The van der Waals surface area contributed by atoms with Crippen LogP contribution in [-0.2, 0) is 21.1 Å². The maximum absolute atomic E-state index is 13.7. The van der Waals surface area contributed by atoms with Gasteiger partial charge in [0.05, 0.1) is 17.7 Å². The lowest BCUT2D eigenvalue weighted by Crippen LogP contribution is -2.14. The minimum Gasteiger partial charge on any atom is -0.494 e. The van der Waals surface area contributed by atoms with Crippen molar-refractivity contribution in [1.29, 1.82) is 0 Å². The van der Waals surface area contributed by atoms with E-state index in [-0.39, 0.29) is 29.2 Å². The van der Waals surface area contributed by atoms with Crippen molar-refractivity contribution in [1.82, 2.24) is 0 Å². The van der Waals surface area contributed by atoms with Crippen molar-refractivity contribution in [2.75, 3.05) is 18.7 Å². The average Bonchev–Trinajstić information content (AvgIpc) is 2.54. The molecule has 8 heteroatoms. The topological polar surface area (TPSA) is 72.5 Å². The summed E-state index contributed by atoms with van der Waals surface area (Å²) in [7, 11) is -2.16. The molecule has 0 aliphatic rings.